The second-order valence-corrected chi connectivity index (χ2v) is 7.25. The smallest absolute Gasteiger partial charge is 0.475 e. The number of carboxylic acid groups (broad SMARTS) is 1. The zero-order chi connectivity index (χ0) is 21.4. The fraction of sp³-hybridized carbons (Fsp3) is 0.500. The maximum atomic E-state index is 14.2. The van der Waals surface area contributed by atoms with Gasteiger partial charge in [0, 0.05) is 31.9 Å². The molecule has 29 heavy (non-hydrogen) atoms. The van der Waals surface area contributed by atoms with E-state index in [0.717, 1.165) is 11.3 Å². The number of carbonyl (C=O) groups excluding carboxylic acids is 2. The molecule has 158 valence electrons. The van der Waals surface area contributed by atoms with Crippen molar-refractivity contribution in [3.63, 3.8) is 0 Å². The van der Waals surface area contributed by atoms with Crippen LogP contribution in [0.3, 0.4) is 0 Å². The second-order valence-electron chi connectivity index (χ2n) is 7.25. The maximum Gasteiger partial charge on any atom is 0.490 e. The Morgan fingerprint density at radius 2 is 1.66 bits per heavy atom. The van der Waals surface area contributed by atoms with Gasteiger partial charge in [0.2, 0.25) is 11.6 Å². The molecule has 3 aliphatic rings. The first-order valence-corrected chi connectivity index (χ1v) is 8.90. The molecule has 0 aromatic heterocycles. The summed E-state index contributed by atoms with van der Waals surface area (Å²) < 4.78 is 46.0. The van der Waals surface area contributed by atoms with E-state index in [2.05, 4.69) is 10.6 Å². The molecule has 11 heteroatoms. The molecule has 1 aromatic rings. The number of nitrogens with zero attached hydrogens (tertiary/aromatic N) is 1. The van der Waals surface area contributed by atoms with E-state index in [4.69, 9.17) is 9.90 Å². The van der Waals surface area contributed by atoms with Crippen LogP contribution in [-0.2, 0) is 19.8 Å². The zero-order valence-corrected chi connectivity index (χ0v) is 15.2. The minimum atomic E-state index is -5.08. The molecule has 2 amide bonds. The molecule has 0 saturated carbocycles. The van der Waals surface area contributed by atoms with Crippen molar-refractivity contribution < 1.29 is 37.1 Å². The molecule has 0 radical (unpaired) electrons. The van der Waals surface area contributed by atoms with Crippen molar-refractivity contribution in [2.75, 3.05) is 31.5 Å². The number of piperidine rings is 1. The average molecular weight is 417 g/mol. The molecule has 1 aromatic carbocycles. The summed E-state index contributed by atoms with van der Waals surface area (Å²) in [5, 5.41) is 12.9. The first-order valence-electron chi connectivity index (χ1n) is 8.90. The molecule has 1 spiro atoms. The lowest BCUT2D eigenvalue weighted by Gasteiger charge is -2.42. The molecule has 3 N–H and O–H groups in total. The Bertz CT molecular complexity index is 831. The van der Waals surface area contributed by atoms with Gasteiger partial charge in [0.05, 0.1) is 5.41 Å². The van der Waals surface area contributed by atoms with Gasteiger partial charge < -0.3 is 20.6 Å². The zero-order valence-electron chi connectivity index (χ0n) is 15.2. The third kappa shape index (κ3) is 3.78. The quantitative estimate of drug-likeness (QED) is 0.601. The van der Waals surface area contributed by atoms with Gasteiger partial charge in [-0.1, -0.05) is 18.2 Å². The normalized spacial score (nSPS) is 21.4. The fourth-order valence-corrected chi connectivity index (χ4v) is 3.74. The van der Waals surface area contributed by atoms with E-state index in [-0.39, 0.29) is 19.0 Å². The van der Waals surface area contributed by atoms with Crippen LogP contribution in [0.5, 0.6) is 0 Å². The van der Waals surface area contributed by atoms with Gasteiger partial charge in [-0.3, -0.25) is 9.59 Å². The highest BCUT2D eigenvalue weighted by molar-refractivity contribution is 6.06. The second kappa shape index (κ2) is 7.29. The van der Waals surface area contributed by atoms with Gasteiger partial charge >= 0.3 is 12.1 Å². The molecule has 0 unspecified atom stereocenters. The van der Waals surface area contributed by atoms with Crippen LogP contribution in [0, 0.1) is 0 Å². The number of para-hydroxylation sites is 1. The van der Waals surface area contributed by atoms with Crippen LogP contribution in [-0.4, -0.2) is 65.8 Å². The fourth-order valence-electron chi connectivity index (χ4n) is 3.74. The summed E-state index contributed by atoms with van der Waals surface area (Å²) in [7, 11) is 0. The number of benzene rings is 1. The first-order chi connectivity index (χ1) is 13.5. The predicted molar refractivity (Wildman–Crippen MR) is 93.0 cm³/mol. The van der Waals surface area contributed by atoms with Gasteiger partial charge in [0.1, 0.15) is 0 Å². The van der Waals surface area contributed by atoms with E-state index in [1.165, 1.54) is 0 Å². The molecular weight excluding hydrogens is 398 g/mol. The monoisotopic (exact) mass is 417 g/mol. The number of carboxylic acids is 1. The van der Waals surface area contributed by atoms with E-state index in [0.29, 0.717) is 25.9 Å². The van der Waals surface area contributed by atoms with E-state index >= 15 is 0 Å². The molecule has 4 rings (SSSR count). The highest BCUT2D eigenvalue weighted by atomic mass is 19.4. The van der Waals surface area contributed by atoms with Crippen LogP contribution in [0.15, 0.2) is 24.3 Å². The first kappa shape index (κ1) is 21.0. The predicted octanol–water partition coefficient (Wildman–Crippen LogP) is 1.44. The van der Waals surface area contributed by atoms with Crippen LogP contribution < -0.4 is 10.6 Å². The van der Waals surface area contributed by atoms with Crippen molar-refractivity contribution in [2.24, 2.45) is 0 Å². The van der Waals surface area contributed by atoms with E-state index in [1.54, 1.807) is 4.90 Å². The molecule has 0 atom stereocenters. The summed E-state index contributed by atoms with van der Waals surface area (Å²) in [6.07, 6.45) is -3.99. The number of aliphatic carboxylic acids is 1. The van der Waals surface area contributed by atoms with Gasteiger partial charge in [-0.15, -0.1) is 0 Å². The standard InChI is InChI=1S/C16H18FN3O2.C2HF3O2/c17-16(9-18-10-16)14(22)20-7-5-15(6-8-20)11-3-1-2-4-12(11)19-13(15)21;3-2(4,5)1(6)7/h1-4,18H,5-10H2,(H,19,21);(H,6,7). The van der Waals surface area contributed by atoms with Crippen molar-refractivity contribution >= 4 is 23.5 Å². The number of hydrogen-bond donors (Lipinski definition) is 3. The number of anilines is 1. The van der Waals surface area contributed by atoms with Crippen molar-refractivity contribution in [1.29, 1.82) is 0 Å². The number of carbonyl (C=O) groups is 3. The lowest BCUT2D eigenvalue weighted by molar-refractivity contribution is -0.192. The van der Waals surface area contributed by atoms with Crippen LogP contribution in [0.2, 0.25) is 0 Å². The van der Waals surface area contributed by atoms with Gasteiger partial charge in [-0.2, -0.15) is 13.2 Å². The lowest BCUT2D eigenvalue weighted by atomic mass is 9.73. The third-order valence-corrected chi connectivity index (χ3v) is 5.47. The number of rotatable bonds is 1. The van der Waals surface area contributed by atoms with Crippen molar-refractivity contribution in [3.05, 3.63) is 29.8 Å². The van der Waals surface area contributed by atoms with E-state index in [9.17, 15) is 27.2 Å². The Balaban J connectivity index is 0.000000298. The minimum Gasteiger partial charge on any atom is -0.475 e. The van der Waals surface area contributed by atoms with Crippen molar-refractivity contribution in [2.45, 2.75) is 30.1 Å². The van der Waals surface area contributed by atoms with Gasteiger partial charge in [-0.25, -0.2) is 9.18 Å². The summed E-state index contributed by atoms with van der Waals surface area (Å²) in [6.45, 7) is 1.03. The van der Waals surface area contributed by atoms with Crippen LogP contribution >= 0.6 is 0 Å². The molecule has 0 bridgehead atoms. The summed E-state index contributed by atoms with van der Waals surface area (Å²) in [6, 6.07) is 7.69. The summed E-state index contributed by atoms with van der Waals surface area (Å²) in [5.41, 5.74) is -0.445. The molecular formula is C18H19F4N3O4. The van der Waals surface area contributed by atoms with E-state index < -0.39 is 29.1 Å². The Morgan fingerprint density at radius 3 is 2.14 bits per heavy atom. The number of likely N-dealkylation sites (tertiary alicyclic amines) is 1. The summed E-state index contributed by atoms with van der Waals surface area (Å²) in [5.74, 6) is -3.19. The Morgan fingerprint density at radius 1 is 1.10 bits per heavy atom. The van der Waals surface area contributed by atoms with Crippen LogP contribution in [0.25, 0.3) is 0 Å². The van der Waals surface area contributed by atoms with Gasteiger partial charge in [-0.05, 0) is 24.5 Å². The summed E-state index contributed by atoms with van der Waals surface area (Å²) in [4.78, 5) is 35.2. The van der Waals surface area contributed by atoms with Crippen LogP contribution in [0.4, 0.5) is 23.2 Å². The molecule has 0 aliphatic carbocycles. The maximum absolute atomic E-state index is 14.2. The summed E-state index contributed by atoms with van der Waals surface area (Å²) >= 11 is 0. The van der Waals surface area contributed by atoms with Gasteiger partial charge in [0.15, 0.2) is 0 Å². The van der Waals surface area contributed by atoms with Crippen molar-refractivity contribution in [1.82, 2.24) is 10.2 Å². The number of alkyl halides is 4. The molecule has 2 saturated heterocycles. The van der Waals surface area contributed by atoms with Gasteiger partial charge in [0.25, 0.3) is 5.91 Å². The molecule has 7 nitrogen and oxygen atoms in total. The highest BCUT2D eigenvalue weighted by Crippen LogP contribution is 2.45. The Hall–Kier alpha value is -2.69. The SMILES string of the molecule is O=C(N1CCC2(CC1)C(=O)Nc1ccccc12)C1(F)CNC1.O=C(O)C(F)(F)F. The topological polar surface area (TPSA) is 98.7 Å². The largest absolute Gasteiger partial charge is 0.490 e. The number of fused-ring (bicyclic) bond motifs is 2. The minimum absolute atomic E-state index is 0.000992. The number of hydrogen-bond acceptors (Lipinski definition) is 4. The average Bonchev–Trinajstić information content (AvgIpc) is 2.91. The third-order valence-electron chi connectivity index (χ3n) is 5.47. The number of amides is 2. The van der Waals surface area contributed by atoms with Crippen LogP contribution in [0.1, 0.15) is 18.4 Å². The number of halogens is 4. The Kier molecular flexibility index (Phi) is 5.28. The molecule has 3 heterocycles. The van der Waals surface area contributed by atoms with E-state index in [1.807, 2.05) is 24.3 Å². The lowest BCUT2D eigenvalue weighted by Crippen LogP contribution is -2.66. The number of nitrogens with one attached hydrogen (secondary N) is 2. The molecule has 2 fully saturated rings. The highest BCUT2D eigenvalue weighted by Gasteiger charge is 2.52. The Labute approximate surface area is 163 Å². The van der Waals surface area contributed by atoms with Crippen molar-refractivity contribution in [3.8, 4) is 0 Å². The molecule has 3 aliphatic heterocycles.